The first-order valence-electron chi connectivity index (χ1n) is 21.1. The predicted molar refractivity (Wildman–Crippen MR) is 257 cm³/mol. The third kappa shape index (κ3) is 5.79. The van der Waals surface area contributed by atoms with Gasteiger partial charge in [-0.15, -0.1) is 0 Å². The molecule has 0 saturated carbocycles. The van der Waals surface area contributed by atoms with Crippen molar-refractivity contribution in [2.24, 2.45) is 0 Å². The number of rotatable bonds is 7. The van der Waals surface area contributed by atoms with Gasteiger partial charge in [-0.2, -0.15) is 0 Å². The Morgan fingerprint density at radius 2 is 0.787 bits per heavy atom. The summed E-state index contributed by atoms with van der Waals surface area (Å²) < 4.78 is 4.84. The van der Waals surface area contributed by atoms with E-state index in [-0.39, 0.29) is 5.92 Å². The Morgan fingerprint density at radius 3 is 1.46 bits per heavy atom. The van der Waals surface area contributed by atoms with Gasteiger partial charge in [0.1, 0.15) is 0 Å². The van der Waals surface area contributed by atoms with E-state index in [1.807, 2.05) is 0 Å². The molecule has 0 aliphatic carbocycles. The summed E-state index contributed by atoms with van der Waals surface area (Å²) in [6.07, 6.45) is 0. The third-order valence-corrected chi connectivity index (χ3v) is 12.6. The lowest BCUT2D eigenvalue weighted by Gasteiger charge is -2.21. The Kier molecular flexibility index (Phi) is 8.28. The van der Waals surface area contributed by atoms with Gasteiger partial charge in [0.15, 0.2) is 0 Å². The molecule has 2 heterocycles. The highest BCUT2D eigenvalue weighted by atomic mass is 15.0. The number of hydrogen-bond acceptors (Lipinski definition) is 0. The third-order valence-electron chi connectivity index (χ3n) is 12.6. The zero-order valence-electron chi connectivity index (χ0n) is 33.5. The Hall–Kier alpha value is -7.94. The number of fused-ring (bicyclic) bond motifs is 7. The summed E-state index contributed by atoms with van der Waals surface area (Å²) in [7, 11) is 0. The van der Waals surface area contributed by atoms with E-state index in [2.05, 4.69) is 246 Å². The molecule has 1 atom stereocenters. The second-order valence-corrected chi connectivity index (χ2v) is 16.1. The summed E-state index contributed by atoms with van der Waals surface area (Å²) >= 11 is 0. The largest absolute Gasteiger partial charge is 0.309 e. The highest BCUT2D eigenvalue weighted by Gasteiger charge is 2.22. The summed E-state index contributed by atoms with van der Waals surface area (Å²) in [5.74, 6) is 0.0801. The SMILES string of the molecule is c1ccc(C(c2ccc(-c3cc(-c4ccc(-n5c6ccccc6c6ccccc65)cc4)cc4c5ccccc5n(-c5ccccc5)c34)cc2)c2cccc3ccccc23)cc1. The van der Waals surface area contributed by atoms with Crippen LogP contribution in [0.4, 0.5) is 0 Å². The molecule has 10 aromatic carbocycles. The molecule has 0 spiro atoms. The van der Waals surface area contributed by atoms with Crippen molar-refractivity contribution in [1.29, 1.82) is 0 Å². The zero-order valence-corrected chi connectivity index (χ0v) is 33.5. The Labute approximate surface area is 354 Å². The number of benzene rings is 10. The highest BCUT2D eigenvalue weighted by Crippen LogP contribution is 2.43. The molecule has 0 radical (unpaired) electrons. The molecular formula is C59H40N2. The molecule has 0 N–H and O–H groups in total. The van der Waals surface area contributed by atoms with Crippen LogP contribution in [0, 0.1) is 0 Å². The monoisotopic (exact) mass is 776 g/mol. The lowest BCUT2D eigenvalue weighted by molar-refractivity contribution is 0.989. The molecule has 2 aromatic heterocycles. The minimum atomic E-state index is 0.0801. The van der Waals surface area contributed by atoms with Gasteiger partial charge in [0.25, 0.3) is 0 Å². The smallest absolute Gasteiger partial charge is 0.0619 e. The molecule has 0 saturated heterocycles. The molecule has 2 nitrogen and oxygen atoms in total. The highest BCUT2D eigenvalue weighted by molar-refractivity contribution is 6.15. The van der Waals surface area contributed by atoms with Gasteiger partial charge in [-0.1, -0.05) is 182 Å². The van der Waals surface area contributed by atoms with Gasteiger partial charge < -0.3 is 9.13 Å². The summed E-state index contributed by atoms with van der Waals surface area (Å²) in [5, 5.41) is 7.56. The van der Waals surface area contributed by atoms with Crippen LogP contribution in [-0.2, 0) is 0 Å². The Bertz CT molecular complexity index is 3500. The van der Waals surface area contributed by atoms with Gasteiger partial charge in [-0.05, 0) is 98.8 Å². The van der Waals surface area contributed by atoms with Gasteiger partial charge in [0.05, 0.1) is 22.1 Å². The molecule has 0 aliphatic heterocycles. The fraction of sp³-hybridized carbons (Fsp3) is 0.0169. The first-order valence-corrected chi connectivity index (χ1v) is 21.1. The average molecular weight is 777 g/mol. The molecule has 2 heteroatoms. The normalized spacial score (nSPS) is 12.2. The van der Waals surface area contributed by atoms with Crippen LogP contribution >= 0.6 is 0 Å². The van der Waals surface area contributed by atoms with Crippen LogP contribution in [0.15, 0.2) is 237 Å². The number of para-hydroxylation sites is 4. The van der Waals surface area contributed by atoms with Crippen LogP contribution in [0.3, 0.4) is 0 Å². The van der Waals surface area contributed by atoms with E-state index in [0.29, 0.717) is 0 Å². The van der Waals surface area contributed by atoms with E-state index in [9.17, 15) is 0 Å². The van der Waals surface area contributed by atoms with E-state index in [1.54, 1.807) is 0 Å². The molecule has 12 rings (SSSR count). The lowest BCUT2D eigenvalue weighted by Crippen LogP contribution is -2.04. The standard InChI is InChI=1S/C59H40N2/c1-3-17-43(18-4-1)58(52-26-15-19-41-16-7-8-22-48(41)52)44-32-30-42(31-33-44)53-38-45(39-54-51-25-11-14-29-57(51)61(59(53)54)46-20-5-2-6-21-46)40-34-36-47(37-35-40)60-55-27-12-9-23-49(55)50-24-10-13-28-56(50)60/h1-39,58H. The average Bonchev–Trinajstić information content (AvgIpc) is 3.85. The van der Waals surface area contributed by atoms with Gasteiger partial charge in [0, 0.05) is 44.4 Å². The molecule has 0 aliphatic rings. The van der Waals surface area contributed by atoms with Gasteiger partial charge in [-0.25, -0.2) is 0 Å². The quantitative estimate of drug-likeness (QED) is 0.143. The van der Waals surface area contributed by atoms with Crippen molar-refractivity contribution in [3.05, 3.63) is 253 Å². The zero-order chi connectivity index (χ0) is 40.3. The second-order valence-electron chi connectivity index (χ2n) is 16.1. The number of hydrogen-bond donors (Lipinski definition) is 0. The first-order chi connectivity index (χ1) is 30.3. The van der Waals surface area contributed by atoms with E-state index < -0.39 is 0 Å². The van der Waals surface area contributed by atoms with Gasteiger partial charge in [-0.3, -0.25) is 0 Å². The molecule has 1 unspecified atom stereocenters. The van der Waals surface area contributed by atoms with Crippen molar-refractivity contribution in [2.75, 3.05) is 0 Å². The van der Waals surface area contributed by atoms with Crippen molar-refractivity contribution in [1.82, 2.24) is 9.13 Å². The Morgan fingerprint density at radius 1 is 0.295 bits per heavy atom. The van der Waals surface area contributed by atoms with Crippen molar-refractivity contribution in [2.45, 2.75) is 5.92 Å². The van der Waals surface area contributed by atoms with Crippen LogP contribution in [0.1, 0.15) is 22.6 Å². The maximum atomic E-state index is 2.45. The van der Waals surface area contributed by atoms with Crippen LogP contribution in [0.25, 0.3) is 88.0 Å². The van der Waals surface area contributed by atoms with Crippen LogP contribution in [0.2, 0.25) is 0 Å². The lowest BCUT2D eigenvalue weighted by atomic mass is 9.82. The molecular weight excluding hydrogens is 737 g/mol. The molecule has 12 aromatic rings. The van der Waals surface area contributed by atoms with Crippen molar-refractivity contribution in [3.63, 3.8) is 0 Å². The minimum Gasteiger partial charge on any atom is -0.309 e. The molecule has 0 amide bonds. The van der Waals surface area contributed by atoms with E-state index in [0.717, 1.165) is 11.4 Å². The maximum absolute atomic E-state index is 2.45. The summed E-state index contributed by atoms with van der Waals surface area (Å²) in [4.78, 5) is 0. The predicted octanol–water partition coefficient (Wildman–Crippen LogP) is 15.5. The van der Waals surface area contributed by atoms with E-state index in [1.165, 1.54) is 93.3 Å². The number of nitrogens with zero attached hydrogens (tertiary/aromatic N) is 2. The molecule has 0 fully saturated rings. The topological polar surface area (TPSA) is 9.86 Å². The molecule has 286 valence electrons. The second kappa shape index (κ2) is 14.4. The van der Waals surface area contributed by atoms with Crippen molar-refractivity contribution >= 4 is 54.4 Å². The van der Waals surface area contributed by atoms with Crippen LogP contribution < -0.4 is 0 Å². The van der Waals surface area contributed by atoms with Crippen molar-refractivity contribution < 1.29 is 0 Å². The van der Waals surface area contributed by atoms with E-state index >= 15 is 0 Å². The number of aromatic nitrogens is 2. The summed E-state index contributed by atoms with van der Waals surface area (Å²) in [6, 6.07) is 86.8. The molecule has 0 bridgehead atoms. The Balaban J connectivity index is 1.05. The fourth-order valence-corrected chi connectivity index (χ4v) is 9.89. The van der Waals surface area contributed by atoms with Gasteiger partial charge in [0.2, 0.25) is 0 Å². The van der Waals surface area contributed by atoms with Crippen molar-refractivity contribution in [3.8, 4) is 33.6 Å². The maximum Gasteiger partial charge on any atom is 0.0619 e. The van der Waals surface area contributed by atoms with E-state index in [4.69, 9.17) is 0 Å². The van der Waals surface area contributed by atoms with Crippen LogP contribution in [0.5, 0.6) is 0 Å². The first kappa shape index (κ1) is 35.0. The minimum absolute atomic E-state index is 0.0801. The fourth-order valence-electron chi connectivity index (χ4n) is 9.89. The summed E-state index contributed by atoms with van der Waals surface area (Å²) in [5.41, 5.74) is 15.7. The molecule has 61 heavy (non-hydrogen) atoms. The summed E-state index contributed by atoms with van der Waals surface area (Å²) in [6.45, 7) is 0. The van der Waals surface area contributed by atoms with Gasteiger partial charge >= 0.3 is 0 Å². The van der Waals surface area contributed by atoms with Crippen LogP contribution in [-0.4, -0.2) is 9.13 Å².